The predicted molar refractivity (Wildman–Crippen MR) is 48.4 cm³/mol. The number of thioether (sulfide) groups is 1. The zero-order valence-corrected chi connectivity index (χ0v) is 8.42. The standard InChI is InChI=1S/C8H18OS/c1-7(8(2,3)4)9-6-10-5/h7H,6H2,1-5H3/t7-/m1/s1. The third-order valence-corrected chi connectivity index (χ3v) is 2.03. The third-order valence-electron chi connectivity index (χ3n) is 1.66. The minimum Gasteiger partial charge on any atom is -0.367 e. The van der Waals surface area contributed by atoms with Crippen molar-refractivity contribution in [2.24, 2.45) is 5.41 Å². The van der Waals surface area contributed by atoms with Crippen molar-refractivity contribution in [3.8, 4) is 0 Å². The van der Waals surface area contributed by atoms with Gasteiger partial charge in [-0.15, -0.1) is 11.8 Å². The van der Waals surface area contributed by atoms with E-state index in [9.17, 15) is 0 Å². The Kier molecular flexibility index (Phi) is 4.37. The summed E-state index contributed by atoms with van der Waals surface area (Å²) < 4.78 is 5.52. The summed E-state index contributed by atoms with van der Waals surface area (Å²) in [5.41, 5.74) is 0.274. The van der Waals surface area contributed by atoms with Gasteiger partial charge in [-0.3, -0.25) is 0 Å². The van der Waals surface area contributed by atoms with Crippen molar-refractivity contribution in [3.05, 3.63) is 0 Å². The molecule has 0 radical (unpaired) electrons. The molecule has 0 spiro atoms. The Hall–Kier alpha value is 0.310. The lowest BCUT2D eigenvalue weighted by atomic mass is 9.90. The third kappa shape index (κ3) is 4.18. The lowest BCUT2D eigenvalue weighted by Gasteiger charge is -2.26. The fraction of sp³-hybridized carbons (Fsp3) is 1.00. The smallest absolute Gasteiger partial charge is 0.0922 e. The summed E-state index contributed by atoms with van der Waals surface area (Å²) in [6.07, 6.45) is 2.40. The fourth-order valence-electron chi connectivity index (χ4n) is 0.420. The summed E-state index contributed by atoms with van der Waals surface area (Å²) >= 11 is 1.72. The van der Waals surface area contributed by atoms with Gasteiger partial charge in [0.05, 0.1) is 12.0 Å². The zero-order chi connectivity index (χ0) is 8.20. The van der Waals surface area contributed by atoms with Crippen LogP contribution in [0.15, 0.2) is 0 Å². The molecule has 0 aromatic heterocycles. The van der Waals surface area contributed by atoms with Gasteiger partial charge in [0, 0.05) is 0 Å². The molecule has 0 unspecified atom stereocenters. The van der Waals surface area contributed by atoms with Gasteiger partial charge in [0.25, 0.3) is 0 Å². The summed E-state index contributed by atoms with van der Waals surface area (Å²) in [5, 5.41) is 0. The van der Waals surface area contributed by atoms with Crippen LogP contribution in [0, 0.1) is 5.41 Å². The molecule has 0 fully saturated rings. The monoisotopic (exact) mass is 162 g/mol. The highest BCUT2D eigenvalue weighted by Crippen LogP contribution is 2.22. The van der Waals surface area contributed by atoms with Crippen LogP contribution < -0.4 is 0 Å². The molecule has 0 bridgehead atoms. The Bertz CT molecular complexity index is 85.7. The van der Waals surface area contributed by atoms with Crippen LogP contribution in [-0.2, 0) is 4.74 Å². The Morgan fingerprint density at radius 3 is 2.20 bits per heavy atom. The van der Waals surface area contributed by atoms with E-state index in [-0.39, 0.29) is 5.41 Å². The molecule has 0 saturated carbocycles. The number of ether oxygens (including phenoxy) is 1. The van der Waals surface area contributed by atoms with Crippen LogP contribution in [0.25, 0.3) is 0 Å². The van der Waals surface area contributed by atoms with E-state index < -0.39 is 0 Å². The quantitative estimate of drug-likeness (QED) is 0.590. The van der Waals surface area contributed by atoms with E-state index in [2.05, 4.69) is 34.0 Å². The summed E-state index contributed by atoms with van der Waals surface area (Å²) in [5.74, 6) is 0.804. The Morgan fingerprint density at radius 2 is 1.90 bits per heavy atom. The Labute approximate surface area is 68.5 Å². The van der Waals surface area contributed by atoms with E-state index in [0.29, 0.717) is 6.10 Å². The first-order valence-corrected chi connectivity index (χ1v) is 4.98. The van der Waals surface area contributed by atoms with Gasteiger partial charge in [0.1, 0.15) is 0 Å². The zero-order valence-electron chi connectivity index (χ0n) is 7.60. The summed E-state index contributed by atoms with van der Waals surface area (Å²) in [7, 11) is 0. The van der Waals surface area contributed by atoms with Gasteiger partial charge >= 0.3 is 0 Å². The van der Waals surface area contributed by atoms with E-state index in [4.69, 9.17) is 4.74 Å². The van der Waals surface area contributed by atoms with Crippen molar-refractivity contribution in [3.63, 3.8) is 0 Å². The molecule has 0 aromatic rings. The molecule has 10 heavy (non-hydrogen) atoms. The number of hydrogen-bond donors (Lipinski definition) is 0. The van der Waals surface area contributed by atoms with Gasteiger partial charge in [-0.1, -0.05) is 20.8 Å². The van der Waals surface area contributed by atoms with Gasteiger partial charge in [0.15, 0.2) is 0 Å². The fourth-order valence-corrected chi connectivity index (χ4v) is 0.760. The first-order valence-electron chi connectivity index (χ1n) is 3.59. The maximum atomic E-state index is 5.52. The molecule has 0 rings (SSSR count). The van der Waals surface area contributed by atoms with Crippen LogP contribution in [0.4, 0.5) is 0 Å². The maximum absolute atomic E-state index is 5.52. The molecule has 0 aromatic carbocycles. The van der Waals surface area contributed by atoms with Gasteiger partial charge in [-0.2, -0.15) is 0 Å². The molecule has 0 amide bonds. The first-order chi connectivity index (χ1) is 4.48. The molecule has 62 valence electrons. The second-order valence-electron chi connectivity index (χ2n) is 3.58. The molecule has 0 heterocycles. The van der Waals surface area contributed by atoms with E-state index in [1.54, 1.807) is 11.8 Å². The van der Waals surface area contributed by atoms with Gasteiger partial charge in [-0.05, 0) is 18.6 Å². The second-order valence-corrected chi connectivity index (χ2v) is 4.39. The number of rotatable bonds is 3. The van der Waals surface area contributed by atoms with Crippen LogP contribution in [0.2, 0.25) is 0 Å². The normalized spacial score (nSPS) is 15.3. The SMILES string of the molecule is CSCO[C@H](C)C(C)(C)C. The predicted octanol–water partition coefficient (Wildman–Crippen LogP) is 2.76. The average Bonchev–Trinajstić information content (AvgIpc) is 1.80. The molecule has 0 aliphatic rings. The minimum absolute atomic E-state index is 0.274. The molecular formula is C8H18OS. The van der Waals surface area contributed by atoms with Crippen LogP contribution >= 0.6 is 11.8 Å². The largest absolute Gasteiger partial charge is 0.367 e. The molecule has 1 atom stereocenters. The van der Waals surface area contributed by atoms with Crippen molar-refractivity contribution < 1.29 is 4.74 Å². The number of hydrogen-bond acceptors (Lipinski definition) is 2. The minimum atomic E-state index is 0.274. The molecule has 0 aliphatic heterocycles. The molecule has 0 aliphatic carbocycles. The van der Waals surface area contributed by atoms with Gasteiger partial charge in [-0.25, -0.2) is 0 Å². The molecule has 0 saturated heterocycles. The lowest BCUT2D eigenvalue weighted by molar-refractivity contribution is 0.0223. The van der Waals surface area contributed by atoms with Gasteiger partial charge in [0.2, 0.25) is 0 Å². The molecular weight excluding hydrogens is 144 g/mol. The van der Waals surface area contributed by atoms with Crippen molar-refractivity contribution in [2.75, 3.05) is 12.2 Å². The summed E-state index contributed by atoms with van der Waals surface area (Å²) in [4.78, 5) is 0. The molecule has 0 N–H and O–H groups in total. The van der Waals surface area contributed by atoms with Gasteiger partial charge < -0.3 is 4.74 Å². The highest BCUT2D eigenvalue weighted by molar-refractivity contribution is 7.98. The van der Waals surface area contributed by atoms with E-state index in [0.717, 1.165) is 5.94 Å². The second kappa shape index (κ2) is 4.24. The lowest BCUT2D eigenvalue weighted by Crippen LogP contribution is -2.25. The van der Waals surface area contributed by atoms with E-state index in [1.165, 1.54) is 0 Å². The van der Waals surface area contributed by atoms with E-state index >= 15 is 0 Å². The first kappa shape index (κ1) is 10.3. The highest BCUT2D eigenvalue weighted by atomic mass is 32.2. The van der Waals surface area contributed by atoms with Crippen LogP contribution in [0.3, 0.4) is 0 Å². The maximum Gasteiger partial charge on any atom is 0.0922 e. The van der Waals surface area contributed by atoms with Crippen molar-refractivity contribution >= 4 is 11.8 Å². The summed E-state index contributed by atoms with van der Waals surface area (Å²) in [6.45, 7) is 8.70. The van der Waals surface area contributed by atoms with Crippen molar-refractivity contribution in [1.82, 2.24) is 0 Å². The summed E-state index contributed by atoms with van der Waals surface area (Å²) in [6, 6.07) is 0. The van der Waals surface area contributed by atoms with Crippen LogP contribution in [0.1, 0.15) is 27.7 Å². The molecule has 2 heteroatoms. The van der Waals surface area contributed by atoms with Crippen molar-refractivity contribution in [1.29, 1.82) is 0 Å². The van der Waals surface area contributed by atoms with Crippen LogP contribution in [-0.4, -0.2) is 18.3 Å². The highest BCUT2D eigenvalue weighted by Gasteiger charge is 2.19. The van der Waals surface area contributed by atoms with Crippen LogP contribution in [0.5, 0.6) is 0 Å². The molecule has 1 nitrogen and oxygen atoms in total. The van der Waals surface area contributed by atoms with Crippen molar-refractivity contribution in [2.45, 2.75) is 33.8 Å². The topological polar surface area (TPSA) is 9.23 Å². The van der Waals surface area contributed by atoms with E-state index in [1.807, 2.05) is 0 Å². The Balaban J connectivity index is 3.52. The average molecular weight is 162 g/mol. The Morgan fingerprint density at radius 1 is 1.40 bits per heavy atom.